The van der Waals surface area contributed by atoms with Crippen molar-refractivity contribution >= 4 is 45.3 Å². The maximum Gasteiger partial charge on any atom is 0.242 e. The summed E-state index contributed by atoms with van der Waals surface area (Å²) in [5, 5.41) is 12.6. The predicted octanol–water partition coefficient (Wildman–Crippen LogP) is 3.71. The van der Waals surface area contributed by atoms with Gasteiger partial charge in [0.25, 0.3) is 0 Å². The van der Waals surface area contributed by atoms with Gasteiger partial charge in [-0.1, -0.05) is 43.3 Å². The zero-order valence-electron chi connectivity index (χ0n) is 17.1. The standard InChI is InChI=1S/C18H25ClFN5O3S2/c1-10(2)7-13(9-26)21-16-22-17(25-30(4,27)28)24-18(23-16)29-11(3)12-5-6-14(19)15(20)8-12/h5-6,8,10-11,13,26H,7,9H2,1-4H3,(H2,21,22,23,24,25)/t11-,13-/m1/s1. The van der Waals surface area contributed by atoms with Gasteiger partial charge in [-0.25, -0.2) is 12.8 Å². The highest BCUT2D eigenvalue weighted by Gasteiger charge is 2.18. The molecule has 12 heteroatoms. The van der Waals surface area contributed by atoms with Crippen LogP contribution in [-0.4, -0.2) is 47.4 Å². The molecule has 0 aliphatic rings. The number of hydrogen-bond acceptors (Lipinski definition) is 8. The van der Waals surface area contributed by atoms with Crippen molar-refractivity contribution < 1.29 is 17.9 Å². The lowest BCUT2D eigenvalue weighted by molar-refractivity contribution is 0.259. The van der Waals surface area contributed by atoms with Crippen molar-refractivity contribution in [1.29, 1.82) is 0 Å². The van der Waals surface area contributed by atoms with Gasteiger partial charge in [0.05, 0.1) is 23.9 Å². The number of aliphatic hydroxyl groups excluding tert-OH is 1. The van der Waals surface area contributed by atoms with E-state index in [9.17, 15) is 17.9 Å². The largest absolute Gasteiger partial charge is 0.394 e. The van der Waals surface area contributed by atoms with E-state index in [1.54, 1.807) is 6.07 Å². The van der Waals surface area contributed by atoms with Crippen LogP contribution in [0.5, 0.6) is 0 Å². The van der Waals surface area contributed by atoms with Crippen LogP contribution in [-0.2, 0) is 10.0 Å². The van der Waals surface area contributed by atoms with Crippen molar-refractivity contribution in [3.63, 3.8) is 0 Å². The molecule has 2 aromatic rings. The average molecular weight is 478 g/mol. The van der Waals surface area contributed by atoms with Crippen molar-refractivity contribution in [2.75, 3.05) is 22.9 Å². The number of benzene rings is 1. The summed E-state index contributed by atoms with van der Waals surface area (Å²) in [4.78, 5) is 12.6. The molecule has 0 fully saturated rings. The van der Waals surface area contributed by atoms with E-state index in [1.807, 2.05) is 20.8 Å². The molecule has 0 amide bonds. The maximum atomic E-state index is 13.8. The normalized spacial score (nSPS) is 13.9. The predicted molar refractivity (Wildman–Crippen MR) is 118 cm³/mol. The second-order valence-electron chi connectivity index (χ2n) is 7.23. The van der Waals surface area contributed by atoms with Crippen molar-refractivity contribution in [3.8, 4) is 0 Å². The first-order chi connectivity index (χ1) is 14.0. The van der Waals surface area contributed by atoms with E-state index in [0.717, 1.165) is 6.26 Å². The number of halogens is 2. The van der Waals surface area contributed by atoms with Gasteiger partial charge < -0.3 is 10.4 Å². The Bertz CT molecular complexity index is 978. The van der Waals surface area contributed by atoms with Crippen LogP contribution < -0.4 is 10.0 Å². The number of sulfonamides is 1. The van der Waals surface area contributed by atoms with E-state index >= 15 is 0 Å². The molecule has 0 unspecified atom stereocenters. The van der Waals surface area contributed by atoms with Crippen LogP contribution in [0.2, 0.25) is 5.02 Å². The Kier molecular flexibility index (Phi) is 8.65. The van der Waals surface area contributed by atoms with Gasteiger partial charge in [-0.15, -0.1) is 0 Å². The second kappa shape index (κ2) is 10.6. The Morgan fingerprint density at radius 2 is 1.87 bits per heavy atom. The fraction of sp³-hybridized carbons (Fsp3) is 0.500. The number of nitrogens with zero attached hydrogens (tertiary/aromatic N) is 3. The molecule has 0 aliphatic carbocycles. The van der Waals surface area contributed by atoms with E-state index in [2.05, 4.69) is 25.0 Å². The van der Waals surface area contributed by atoms with Gasteiger partial charge in [0.15, 0.2) is 5.16 Å². The monoisotopic (exact) mass is 477 g/mol. The van der Waals surface area contributed by atoms with Crippen molar-refractivity contribution in [3.05, 3.63) is 34.6 Å². The molecule has 0 aliphatic heterocycles. The summed E-state index contributed by atoms with van der Waals surface area (Å²) >= 11 is 6.94. The summed E-state index contributed by atoms with van der Waals surface area (Å²) in [5.74, 6) is -0.224. The van der Waals surface area contributed by atoms with Crippen molar-refractivity contribution in [2.24, 2.45) is 5.92 Å². The first kappa shape index (κ1) is 24.6. The Morgan fingerprint density at radius 3 is 2.43 bits per heavy atom. The summed E-state index contributed by atoms with van der Waals surface area (Å²) < 4.78 is 39.3. The van der Waals surface area contributed by atoms with E-state index < -0.39 is 15.8 Å². The van der Waals surface area contributed by atoms with Gasteiger partial charge >= 0.3 is 0 Å². The molecule has 8 nitrogen and oxygen atoms in total. The molecule has 0 radical (unpaired) electrons. The number of rotatable bonds is 10. The highest BCUT2D eigenvalue weighted by atomic mass is 35.5. The molecular formula is C18H25ClFN5O3S2. The van der Waals surface area contributed by atoms with Crippen LogP contribution >= 0.6 is 23.4 Å². The number of anilines is 2. The number of aliphatic hydroxyl groups is 1. The van der Waals surface area contributed by atoms with Gasteiger partial charge in [0.2, 0.25) is 21.9 Å². The van der Waals surface area contributed by atoms with Gasteiger partial charge in [0, 0.05) is 5.25 Å². The zero-order chi connectivity index (χ0) is 22.5. The quantitative estimate of drug-likeness (QED) is 0.443. The average Bonchev–Trinajstić information content (AvgIpc) is 2.61. The highest BCUT2D eigenvalue weighted by molar-refractivity contribution is 7.99. The van der Waals surface area contributed by atoms with Crippen LogP contribution in [0, 0.1) is 11.7 Å². The lowest BCUT2D eigenvalue weighted by Crippen LogP contribution is -2.27. The molecule has 1 aromatic heterocycles. The van der Waals surface area contributed by atoms with E-state index in [0.29, 0.717) is 17.9 Å². The van der Waals surface area contributed by atoms with E-state index in [4.69, 9.17) is 11.6 Å². The Hall–Kier alpha value is -1.69. The van der Waals surface area contributed by atoms with Gasteiger partial charge in [-0.3, -0.25) is 4.72 Å². The van der Waals surface area contributed by atoms with Gasteiger partial charge in [-0.2, -0.15) is 15.0 Å². The van der Waals surface area contributed by atoms with Crippen LogP contribution in [0.3, 0.4) is 0 Å². The third-order valence-corrected chi connectivity index (χ3v) is 5.78. The molecule has 1 heterocycles. The third kappa shape index (κ3) is 7.86. The highest BCUT2D eigenvalue weighted by Crippen LogP contribution is 2.34. The number of nitrogens with one attached hydrogen (secondary N) is 2. The molecule has 1 aromatic carbocycles. The lowest BCUT2D eigenvalue weighted by atomic mass is 10.0. The SMILES string of the molecule is CC(C)C[C@H](CO)Nc1nc(NS(C)(=O)=O)nc(S[C@H](C)c2ccc(Cl)c(F)c2)n1. The molecule has 166 valence electrons. The fourth-order valence-electron chi connectivity index (χ4n) is 2.61. The molecule has 0 bridgehead atoms. The topological polar surface area (TPSA) is 117 Å². The molecule has 3 N–H and O–H groups in total. The van der Waals surface area contributed by atoms with Crippen LogP contribution in [0.25, 0.3) is 0 Å². The van der Waals surface area contributed by atoms with Gasteiger partial charge in [-0.05, 0) is 37.0 Å². The summed E-state index contributed by atoms with van der Waals surface area (Å²) in [6, 6.07) is 4.20. The molecule has 0 saturated heterocycles. The van der Waals surface area contributed by atoms with Crippen molar-refractivity contribution in [1.82, 2.24) is 15.0 Å². The fourth-order valence-corrected chi connectivity index (χ4v) is 4.03. The molecule has 0 saturated carbocycles. The number of aromatic nitrogens is 3. The minimum absolute atomic E-state index is 0.0300. The van der Waals surface area contributed by atoms with Crippen LogP contribution in [0.1, 0.15) is 38.0 Å². The molecular weight excluding hydrogens is 453 g/mol. The van der Waals surface area contributed by atoms with E-state index in [-0.39, 0.29) is 40.0 Å². The minimum atomic E-state index is -3.61. The Morgan fingerprint density at radius 1 is 1.20 bits per heavy atom. The summed E-state index contributed by atoms with van der Waals surface area (Å²) in [5.41, 5.74) is 0.669. The second-order valence-corrected chi connectivity index (χ2v) is 10.7. The number of thioether (sulfide) groups is 1. The summed E-state index contributed by atoms with van der Waals surface area (Å²) in [6.45, 7) is 5.73. The van der Waals surface area contributed by atoms with Crippen LogP contribution in [0.4, 0.5) is 16.3 Å². The summed E-state index contributed by atoms with van der Waals surface area (Å²) in [7, 11) is -3.61. The zero-order valence-corrected chi connectivity index (χ0v) is 19.4. The Labute approximate surface area is 185 Å². The minimum Gasteiger partial charge on any atom is -0.394 e. The summed E-state index contributed by atoms with van der Waals surface area (Å²) in [6.07, 6.45) is 1.66. The smallest absolute Gasteiger partial charge is 0.242 e. The first-order valence-electron chi connectivity index (χ1n) is 9.19. The van der Waals surface area contributed by atoms with Crippen LogP contribution in [0.15, 0.2) is 23.4 Å². The molecule has 30 heavy (non-hydrogen) atoms. The molecule has 2 atom stereocenters. The first-order valence-corrected chi connectivity index (χ1v) is 12.3. The van der Waals surface area contributed by atoms with Gasteiger partial charge in [0.1, 0.15) is 5.82 Å². The third-order valence-electron chi connectivity index (χ3n) is 3.90. The van der Waals surface area contributed by atoms with E-state index in [1.165, 1.54) is 23.9 Å². The van der Waals surface area contributed by atoms with Crippen molar-refractivity contribution in [2.45, 2.75) is 43.6 Å². The Balaban J connectivity index is 2.31. The lowest BCUT2D eigenvalue weighted by Gasteiger charge is -2.19. The molecule has 2 rings (SSSR count). The maximum absolute atomic E-state index is 13.8. The molecule has 0 spiro atoms. The number of hydrogen-bond donors (Lipinski definition) is 3.